The van der Waals surface area contributed by atoms with Gasteiger partial charge in [0.25, 0.3) is 0 Å². The summed E-state index contributed by atoms with van der Waals surface area (Å²) in [6.45, 7) is 3.47. The monoisotopic (exact) mass is 284 g/mol. The molecule has 0 radical (unpaired) electrons. The van der Waals surface area contributed by atoms with Crippen LogP contribution in [0, 0.1) is 0 Å². The molecule has 1 aliphatic heterocycles. The summed E-state index contributed by atoms with van der Waals surface area (Å²) in [7, 11) is 0. The van der Waals surface area contributed by atoms with Crippen molar-refractivity contribution in [2.75, 3.05) is 13.2 Å². The summed E-state index contributed by atoms with van der Waals surface area (Å²) in [4.78, 5) is 11.4. The van der Waals surface area contributed by atoms with E-state index < -0.39 is 0 Å². The third kappa shape index (κ3) is 11.3. The van der Waals surface area contributed by atoms with E-state index in [0.717, 1.165) is 19.4 Å². The summed E-state index contributed by atoms with van der Waals surface area (Å²) in [5.74, 6) is -0.0589. The Kier molecular flexibility index (Phi) is 10.7. The summed E-state index contributed by atoms with van der Waals surface area (Å²) in [5.41, 5.74) is 0. The minimum absolute atomic E-state index is 0.0589. The number of epoxide rings is 1. The quantitative estimate of drug-likeness (QED) is 0.265. The molecule has 0 aromatic carbocycles. The van der Waals surface area contributed by atoms with E-state index in [1.807, 2.05) is 0 Å². The lowest BCUT2D eigenvalue weighted by atomic mass is 10.1. The normalized spacial score (nSPS) is 17.1. The van der Waals surface area contributed by atoms with E-state index in [2.05, 4.69) is 6.92 Å². The van der Waals surface area contributed by atoms with Crippen LogP contribution in [-0.2, 0) is 14.3 Å². The molecule has 3 nitrogen and oxygen atoms in total. The van der Waals surface area contributed by atoms with Crippen LogP contribution in [0.2, 0.25) is 0 Å². The summed E-state index contributed by atoms with van der Waals surface area (Å²) >= 11 is 0. The first-order valence-corrected chi connectivity index (χ1v) is 8.60. The standard InChI is InChI=1S/C17H32O3/c1-2-3-4-5-6-7-8-9-10-11-12-13-17(18)20-15-16-14-19-16/h16H,2-15H2,1H3/t16-/m0/s1. The molecule has 0 unspecified atom stereocenters. The van der Waals surface area contributed by atoms with Crippen LogP contribution in [0.5, 0.6) is 0 Å². The second kappa shape index (κ2) is 12.2. The van der Waals surface area contributed by atoms with Crippen LogP contribution in [-0.4, -0.2) is 25.3 Å². The zero-order valence-corrected chi connectivity index (χ0v) is 13.2. The second-order valence-corrected chi connectivity index (χ2v) is 5.92. The molecule has 0 N–H and O–H groups in total. The Hall–Kier alpha value is -0.570. The highest BCUT2D eigenvalue weighted by molar-refractivity contribution is 5.69. The first-order chi connectivity index (χ1) is 9.83. The molecule has 0 aliphatic carbocycles. The van der Waals surface area contributed by atoms with Gasteiger partial charge in [-0.3, -0.25) is 4.79 Å². The molecular weight excluding hydrogens is 252 g/mol. The third-order valence-corrected chi connectivity index (χ3v) is 3.82. The average molecular weight is 284 g/mol. The molecule has 0 aromatic rings. The second-order valence-electron chi connectivity index (χ2n) is 5.92. The van der Waals surface area contributed by atoms with Crippen molar-refractivity contribution in [1.29, 1.82) is 0 Å². The maximum absolute atomic E-state index is 11.4. The smallest absolute Gasteiger partial charge is 0.305 e. The summed E-state index contributed by atoms with van der Waals surface area (Å²) in [6, 6.07) is 0. The van der Waals surface area contributed by atoms with Crippen molar-refractivity contribution in [2.24, 2.45) is 0 Å². The van der Waals surface area contributed by atoms with Gasteiger partial charge < -0.3 is 9.47 Å². The van der Waals surface area contributed by atoms with Crippen molar-refractivity contribution in [3.8, 4) is 0 Å². The topological polar surface area (TPSA) is 38.8 Å². The van der Waals surface area contributed by atoms with Crippen LogP contribution < -0.4 is 0 Å². The number of ether oxygens (including phenoxy) is 2. The molecule has 3 heteroatoms. The minimum atomic E-state index is -0.0589. The van der Waals surface area contributed by atoms with Crippen LogP contribution in [0.15, 0.2) is 0 Å². The highest BCUT2D eigenvalue weighted by Crippen LogP contribution is 2.13. The number of carbonyl (C=O) groups excluding carboxylic acids is 1. The molecule has 1 atom stereocenters. The molecule has 1 saturated heterocycles. The van der Waals surface area contributed by atoms with E-state index >= 15 is 0 Å². The van der Waals surface area contributed by atoms with Gasteiger partial charge in [-0.15, -0.1) is 0 Å². The van der Waals surface area contributed by atoms with E-state index in [0.29, 0.717) is 13.0 Å². The third-order valence-electron chi connectivity index (χ3n) is 3.82. The fourth-order valence-corrected chi connectivity index (χ4v) is 2.36. The molecular formula is C17H32O3. The number of hydrogen-bond donors (Lipinski definition) is 0. The first kappa shape index (κ1) is 17.5. The van der Waals surface area contributed by atoms with Gasteiger partial charge in [-0.2, -0.15) is 0 Å². The van der Waals surface area contributed by atoms with Crippen LogP contribution in [0.25, 0.3) is 0 Å². The molecule has 0 aromatic heterocycles. The molecule has 20 heavy (non-hydrogen) atoms. The van der Waals surface area contributed by atoms with E-state index in [1.165, 1.54) is 57.8 Å². The number of unbranched alkanes of at least 4 members (excludes halogenated alkanes) is 10. The van der Waals surface area contributed by atoms with Gasteiger partial charge in [0.05, 0.1) is 6.61 Å². The van der Waals surface area contributed by atoms with Crippen LogP contribution in [0.3, 0.4) is 0 Å². The van der Waals surface area contributed by atoms with Crippen molar-refractivity contribution in [1.82, 2.24) is 0 Å². The SMILES string of the molecule is CCCCCCCCCCCCCC(=O)OC[C@@H]1CO1. The highest BCUT2D eigenvalue weighted by atomic mass is 16.6. The number of hydrogen-bond acceptors (Lipinski definition) is 3. The van der Waals surface area contributed by atoms with Crippen molar-refractivity contribution >= 4 is 5.97 Å². The fourth-order valence-electron chi connectivity index (χ4n) is 2.36. The minimum Gasteiger partial charge on any atom is -0.463 e. The van der Waals surface area contributed by atoms with Gasteiger partial charge in [-0.05, 0) is 6.42 Å². The molecule has 1 heterocycles. The molecule has 1 aliphatic rings. The maximum atomic E-state index is 11.4. The Morgan fingerprint density at radius 3 is 1.95 bits per heavy atom. The van der Waals surface area contributed by atoms with E-state index in [9.17, 15) is 4.79 Å². The van der Waals surface area contributed by atoms with Crippen molar-refractivity contribution in [3.63, 3.8) is 0 Å². The number of carbonyl (C=O) groups is 1. The summed E-state index contributed by atoms with van der Waals surface area (Å²) in [6.07, 6.45) is 15.1. The lowest BCUT2D eigenvalue weighted by Crippen LogP contribution is -2.09. The van der Waals surface area contributed by atoms with Crippen molar-refractivity contribution in [3.05, 3.63) is 0 Å². The van der Waals surface area contributed by atoms with Gasteiger partial charge >= 0.3 is 5.97 Å². The molecule has 1 rings (SSSR count). The Bertz CT molecular complexity index is 236. The van der Waals surface area contributed by atoms with E-state index in [1.54, 1.807) is 0 Å². The Morgan fingerprint density at radius 2 is 1.45 bits per heavy atom. The van der Waals surface area contributed by atoms with Gasteiger partial charge in [0, 0.05) is 6.42 Å². The molecule has 0 spiro atoms. The number of esters is 1. The Labute approximate surface area is 124 Å². The van der Waals surface area contributed by atoms with Gasteiger partial charge in [0.2, 0.25) is 0 Å². The van der Waals surface area contributed by atoms with Crippen LogP contribution in [0.4, 0.5) is 0 Å². The summed E-state index contributed by atoms with van der Waals surface area (Å²) in [5, 5.41) is 0. The highest BCUT2D eigenvalue weighted by Gasteiger charge is 2.23. The molecule has 118 valence electrons. The Balaban J connectivity index is 1.70. The average Bonchev–Trinajstić information content (AvgIpc) is 3.27. The maximum Gasteiger partial charge on any atom is 0.305 e. The van der Waals surface area contributed by atoms with Gasteiger partial charge in [-0.1, -0.05) is 71.1 Å². The predicted molar refractivity (Wildman–Crippen MR) is 81.8 cm³/mol. The summed E-state index contributed by atoms with van der Waals surface area (Å²) < 4.78 is 10.1. The molecule has 0 amide bonds. The van der Waals surface area contributed by atoms with E-state index in [-0.39, 0.29) is 12.1 Å². The zero-order valence-electron chi connectivity index (χ0n) is 13.2. The van der Waals surface area contributed by atoms with Gasteiger partial charge in [-0.25, -0.2) is 0 Å². The van der Waals surface area contributed by atoms with Crippen LogP contribution in [0.1, 0.15) is 84.0 Å². The Morgan fingerprint density at radius 1 is 0.950 bits per heavy atom. The van der Waals surface area contributed by atoms with Crippen LogP contribution >= 0.6 is 0 Å². The van der Waals surface area contributed by atoms with Crippen molar-refractivity contribution in [2.45, 2.75) is 90.1 Å². The lowest BCUT2D eigenvalue weighted by molar-refractivity contribution is -0.144. The lowest BCUT2D eigenvalue weighted by Gasteiger charge is -2.03. The largest absolute Gasteiger partial charge is 0.463 e. The number of rotatable bonds is 14. The predicted octanol–water partition coefficient (Wildman–Crippen LogP) is 4.63. The first-order valence-electron chi connectivity index (χ1n) is 8.60. The zero-order chi connectivity index (χ0) is 14.5. The van der Waals surface area contributed by atoms with Gasteiger partial charge in [0.15, 0.2) is 0 Å². The van der Waals surface area contributed by atoms with E-state index in [4.69, 9.17) is 9.47 Å². The van der Waals surface area contributed by atoms with Crippen molar-refractivity contribution < 1.29 is 14.3 Å². The van der Waals surface area contributed by atoms with Gasteiger partial charge in [0.1, 0.15) is 12.7 Å². The molecule has 0 saturated carbocycles. The molecule has 1 fully saturated rings. The fraction of sp³-hybridized carbons (Fsp3) is 0.941. The molecule has 0 bridgehead atoms.